The molecule has 1 rings (SSSR count). The van der Waals surface area contributed by atoms with Gasteiger partial charge in [0.1, 0.15) is 0 Å². The highest BCUT2D eigenvalue weighted by Crippen LogP contribution is 2.18. The van der Waals surface area contributed by atoms with Crippen LogP contribution < -0.4 is 0 Å². The number of amides is 2. The molecule has 0 spiro atoms. The molecule has 1 atom stereocenters. The molecular formula is C14H24N2O2. The van der Waals surface area contributed by atoms with E-state index in [-0.39, 0.29) is 17.9 Å². The molecule has 0 aromatic rings. The first-order valence-electron chi connectivity index (χ1n) is 6.79. The second-order valence-electron chi connectivity index (χ2n) is 4.86. The summed E-state index contributed by atoms with van der Waals surface area (Å²) in [5.74, 6) is -0.289. The summed E-state index contributed by atoms with van der Waals surface area (Å²) in [7, 11) is 0. The zero-order valence-corrected chi connectivity index (χ0v) is 11.9. The molecule has 0 fully saturated rings. The molecule has 0 aliphatic carbocycles. The number of rotatable bonds is 7. The minimum atomic E-state index is -0.159. The third kappa shape index (κ3) is 3.42. The number of carbonyl (C=O) groups excluding carboxylic acids is 2. The van der Waals surface area contributed by atoms with Gasteiger partial charge < -0.3 is 4.90 Å². The van der Waals surface area contributed by atoms with E-state index < -0.39 is 0 Å². The Balaban J connectivity index is 2.40. The van der Waals surface area contributed by atoms with Gasteiger partial charge in [-0.25, -0.2) is 0 Å². The van der Waals surface area contributed by atoms with E-state index in [0.29, 0.717) is 5.57 Å². The zero-order chi connectivity index (χ0) is 13.7. The lowest BCUT2D eigenvalue weighted by Gasteiger charge is -2.24. The highest BCUT2D eigenvalue weighted by atomic mass is 16.2. The van der Waals surface area contributed by atoms with Crippen molar-refractivity contribution in [2.45, 2.75) is 46.6 Å². The quantitative estimate of drug-likeness (QED) is 0.649. The van der Waals surface area contributed by atoms with Gasteiger partial charge in [0.25, 0.3) is 11.8 Å². The highest BCUT2D eigenvalue weighted by Gasteiger charge is 2.31. The maximum atomic E-state index is 11.8. The number of carbonyl (C=O) groups is 2. The average Bonchev–Trinajstić information content (AvgIpc) is 2.59. The molecule has 0 saturated heterocycles. The topological polar surface area (TPSA) is 40.6 Å². The Morgan fingerprint density at radius 2 is 1.89 bits per heavy atom. The molecule has 1 aliphatic rings. The van der Waals surface area contributed by atoms with Crippen molar-refractivity contribution >= 4 is 11.8 Å². The highest BCUT2D eigenvalue weighted by molar-refractivity contribution is 6.16. The smallest absolute Gasteiger partial charge is 0.256 e. The average molecular weight is 252 g/mol. The lowest BCUT2D eigenvalue weighted by molar-refractivity contribution is -0.139. The van der Waals surface area contributed by atoms with E-state index in [9.17, 15) is 9.59 Å². The minimum absolute atomic E-state index is 0.00531. The van der Waals surface area contributed by atoms with Crippen molar-refractivity contribution in [2.75, 3.05) is 19.6 Å². The summed E-state index contributed by atoms with van der Waals surface area (Å²) >= 11 is 0. The van der Waals surface area contributed by atoms with E-state index in [4.69, 9.17) is 0 Å². The lowest BCUT2D eigenvalue weighted by Crippen LogP contribution is -2.39. The second kappa shape index (κ2) is 6.69. The van der Waals surface area contributed by atoms with Gasteiger partial charge in [0.15, 0.2) is 0 Å². The van der Waals surface area contributed by atoms with Gasteiger partial charge in [0, 0.05) is 17.7 Å². The van der Waals surface area contributed by atoms with Crippen molar-refractivity contribution < 1.29 is 9.59 Å². The maximum absolute atomic E-state index is 11.8. The van der Waals surface area contributed by atoms with Crippen molar-refractivity contribution in [1.82, 2.24) is 9.80 Å². The fraction of sp³-hybridized carbons (Fsp3) is 0.714. The van der Waals surface area contributed by atoms with E-state index in [1.807, 2.05) is 6.92 Å². The molecule has 0 saturated carbocycles. The lowest BCUT2D eigenvalue weighted by atomic mass is 10.1. The molecule has 1 aliphatic heterocycles. The third-order valence-electron chi connectivity index (χ3n) is 3.56. The van der Waals surface area contributed by atoms with Gasteiger partial charge in [-0.2, -0.15) is 0 Å². The summed E-state index contributed by atoms with van der Waals surface area (Å²) in [5, 5.41) is 0. The standard InChI is InChI=1S/C14H24N2O2/c1-5-15(6-2)9-7-8-12(4)16-13(17)10-11(3)14(16)18/h10,12H,5-9H2,1-4H3. The largest absolute Gasteiger partial charge is 0.304 e. The Morgan fingerprint density at radius 3 is 2.33 bits per heavy atom. The molecule has 102 valence electrons. The van der Waals surface area contributed by atoms with E-state index in [1.54, 1.807) is 6.92 Å². The van der Waals surface area contributed by atoms with Crippen LogP contribution in [0.2, 0.25) is 0 Å². The summed E-state index contributed by atoms with van der Waals surface area (Å²) in [5.41, 5.74) is 0.551. The van der Waals surface area contributed by atoms with Gasteiger partial charge in [-0.05, 0) is 46.3 Å². The monoisotopic (exact) mass is 252 g/mol. The fourth-order valence-corrected chi connectivity index (χ4v) is 2.30. The summed E-state index contributed by atoms with van der Waals surface area (Å²) in [6.07, 6.45) is 3.32. The predicted octanol–water partition coefficient (Wildman–Crippen LogP) is 1.81. The van der Waals surface area contributed by atoms with E-state index >= 15 is 0 Å². The van der Waals surface area contributed by atoms with Crippen LogP contribution in [-0.2, 0) is 9.59 Å². The Kier molecular flexibility index (Phi) is 5.54. The molecule has 18 heavy (non-hydrogen) atoms. The van der Waals surface area contributed by atoms with Crippen LogP contribution in [0.25, 0.3) is 0 Å². The molecule has 0 N–H and O–H groups in total. The minimum Gasteiger partial charge on any atom is -0.304 e. The van der Waals surface area contributed by atoms with Crippen LogP contribution >= 0.6 is 0 Å². The predicted molar refractivity (Wildman–Crippen MR) is 72.1 cm³/mol. The molecule has 0 aromatic carbocycles. The molecule has 2 amide bonds. The van der Waals surface area contributed by atoms with E-state index in [2.05, 4.69) is 18.7 Å². The third-order valence-corrected chi connectivity index (χ3v) is 3.56. The SMILES string of the molecule is CCN(CC)CCCC(C)N1C(=O)C=C(C)C1=O. The molecule has 1 unspecified atom stereocenters. The zero-order valence-electron chi connectivity index (χ0n) is 11.9. The normalized spacial score (nSPS) is 17.6. The van der Waals surface area contributed by atoms with Gasteiger partial charge in [-0.3, -0.25) is 14.5 Å². The van der Waals surface area contributed by atoms with Crippen LogP contribution in [0.3, 0.4) is 0 Å². The van der Waals surface area contributed by atoms with Crippen molar-refractivity contribution in [3.05, 3.63) is 11.6 Å². The summed E-state index contributed by atoms with van der Waals surface area (Å²) in [6, 6.07) is -0.00531. The van der Waals surface area contributed by atoms with Gasteiger partial charge >= 0.3 is 0 Å². The Morgan fingerprint density at radius 1 is 1.28 bits per heavy atom. The molecule has 0 radical (unpaired) electrons. The Labute approximate surface area is 110 Å². The van der Waals surface area contributed by atoms with Gasteiger partial charge in [0.05, 0.1) is 0 Å². The van der Waals surface area contributed by atoms with Crippen LogP contribution in [0.4, 0.5) is 0 Å². The fourth-order valence-electron chi connectivity index (χ4n) is 2.30. The first-order chi connectivity index (χ1) is 8.51. The molecular weight excluding hydrogens is 228 g/mol. The van der Waals surface area contributed by atoms with E-state index in [1.165, 1.54) is 11.0 Å². The first-order valence-corrected chi connectivity index (χ1v) is 6.79. The molecule has 4 heteroatoms. The van der Waals surface area contributed by atoms with E-state index in [0.717, 1.165) is 32.5 Å². The van der Waals surface area contributed by atoms with Crippen LogP contribution in [-0.4, -0.2) is 47.3 Å². The Hall–Kier alpha value is -1.16. The molecule has 0 aromatic heterocycles. The summed E-state index contributed by atoms with van der Waals surface area (Å²) in [4.78, 5) is 27.2. The summed E-state index contributed by atoms with van der Waals surface area (Å²) in [6.45, 7) is 11.1. The number of nitrogens with zero attached hydrogens (tertiary/aromatic N) is 2. The van der Waals surface area contributed by atoms with Gasteiger partial charge in [-0.15, -0.1) is 0 Å². The Bertz CT molecular complexity index is 346. The van der Waals surface area contributed by atoms with Crippen LogP contribution in [0.1, 0.15) is 40.5 Å². The van der Waals surface area contributed by atoms with Gasteiger partial charge in [-0.1, -0.05) is 13.8 Å². The molecule has 0 bridgehead atoms. The van der Waals surface area contributed by atoms with Crippen molar-refractivity contribution in [3.63, 3.8) is 0 Å². The number of hydrogen-bond acceptors (Lipinski definition) is 3. The number of imide groups is 1. The second-order valence-corrected chi connectivity index (χ2v) is 4.86. The summed E-state index contributed by atoms with van der Waals surface area (Å²) < 4.78 is 0. The maximum Gasteiger partial charge on any atom is 0.256 e. The van der Waals surface area contributed by atoms with Crippen molar-refractivity contribution in [2.24, 2.45) is 0 Å². The molecule has 1 heterocycles. The van der Waals surface area contributed by atoms with Gasteiger partial charge in [0.2, 0.25) is 0 Å². The van der Waals surface area contributed by atoms with Crippen molar-refractivity contribution in [1.29, 1.82) is 0 Å². The first kappa shape index (κ1) is 14.9. The number of hydrogen-bond donors (Lipinski definition) is 0. The van der Waals surface area contributed by atoms with Crippen LogP contribution in [0, 0.1) is 0 Å². The van der Waals surface area contributed by atoms with Crippen LogP contribution in [0.5, 0.6) is 0 Å². The van der Waals surface area contributed by atoms with Crippen LogP contribution in [0.15, 0.2) is 11.6 Å². The molecule has 4 nitrogen and oxygen atoms in total. The van der Waals surface area contributed by atoms with Crippen molar-refractivity contribution in [3.8, 4) is 0 Å².